The van der Waals surface area contributed by atoms with E-state index in [0.29, 0.717) is 22.3 Å². The molecule has 118 valence electrons. The van der Waals surface area contributed by atoms with Crippen molar-refractivity contribution in [2.24, 2.45) is 0 Å². The second-order valence-corrected chi connectivity index (χ2v) is 6.32. The van der Waals surface area contributed by atoms with Crippen molar-refractivity contribution in [1.29, 1.82) is 0 Å². The molecule has 2 heterocycles. The minimum atomic E-state index is -0.285. The molecule has 0 aliphatic heterocycles. The Hall–Kier alpha value is -2.25. The van der Waals surface area contributed by atoms with Crippen molar-refractivity contribution < 1.29 is 9.18 Å². The fourth-order valence-electron chi connectivity index (χ4n) is 1.98. The van der Waals surface area contributed by atoms with E-state index < -0.39 is 0 Å². The first-order valence-electron chi connectivity index (χ1n) is 6.82. The highest BCUT2D eigenvalue weighted by Crippen LogP contribution is 2.17. The SMILES string of the molecule is O=C(NCCc1ccn(-c2ccc(F)cc2)n1)c1cnc(Cl)s1. The molecule has 1 N–H and O–H groups in total. The summed E-state index contributed by atoms with van der Waals surface area (Å²) in [6.45, 7) is 0.453. The summed E-state index contributed by atoms with van der Waals surface area (Å²) in [5.74, 6) is -0.487. The average molecular weight is 351 g/mol. The fourth-order valence-corrected chi connectivity index (χ4v) is 2.84. The van der Waals surface area contributed by atoms with Crippen molar-refractivity contribution >= 4 is 28.8 Å². The second kappa shape index (κ2) is 6.89. The van der Waals surface area contributed by atoms with Gasteiger partial charge in [0.25, 0.3) is 5.91 Å². The zero-order valence-electron chi connectivity index (χ0n) is 11.9. The molecule has 0 saturated heterocycles. The van der Waals surface area contributed by atoms with Crippen LogP contribution in [0.4, 0.5) is 4.39 Å². The number of hydrogen-bond acceptors (Lipinski definition) is 4. The van der Waals surface area contributed by atoms with Crippen LogP contribution in [0.3, 0.4) is 0 Å². The largest absolute Gasteiger partial charge is 0.351 e. The lowest BCUT2D eigenvalue weighted by molar-refractivity contribution is 0.0958. The Bertz CT molecular complexity index is 815. The van der Waals surface area contributed by atoms with Gasteiger partial charge in [0, 0.05) is 19.2 Å². The minimum Gasteiger partial charge on any atom is -0.351 e. The number of nitrogens with one attached hydrogen (secondary N) is 1. The molecule has 0 atom stereocenters. The molecule has 5 nitrogen and oxygen atoms in total. The maximum atomic E-state index is 12.9. The highest BCUT2D eigenvalue weighted by Gasteiger charge is 2.09. The van der Waals surface area contributed by atoms with Crippen LogP contribution in [0.15, 0.2) is 42.7 Å². The second-order valence-electron chi connectivity index (χ2n) is 4.71. The summed E-state index contributed by atoms with van der Waals surface area (Å²) in [5.41, 5.74) is 1.61. The molecule has 0 fully saturated rings. The molecule has 8 heteroatoms. The van der Waals surface area contributed by atoms with Gasteiger partial charge in [0.1, 0.15) is 10.7 Å². The van der Waals surface area contributed by atoms with Crippen LogP contribution in [0.2, 0.25) is 4.47 Å². The van der Waals surface area contributed by atoms with Crippen LogP contribution in [0, 0.1) is 5.82 Å². The number of nitrogens with zero attached hydrogens (tertiary/aromatic N) is 3. The predicted octanol–water partition coefficient (Wildman–Crippen LogP) is 3.09. The van der Waals surface area contributed by atoms with Gasteiger partial charge < -0.3 is 5.32 Å². The van der Waals surface area contributed by atoms with Gasteiger partial charge in [-0.15, -0.1) is 0 Å². The standard InChI is InChI=1S/C15H12ClFN4OS/c16-15-19-9-13(23-15)14(22)18-7-5-11-6-8-21(20-11)12-3-1-10(17)2-4-12/h1-4,6,8-9H,5,7H2,(H,18,22). The zero-order chi connectivity index (χ0) is 16.2. The average Bonchev–Trinajstić information content (AvgIpc) is 3.17. The summed E-state index contributed by atoms with van der Waals surface area (Å²) in [6.07, 6.45) is 3.84. The van der Waals surface area contributed by atoms with Gasteiger partial charge in [-0.05, 0) is 30.3 Å². The van der Waals surface area contributed by atoms with Crippen LogP contribution >= 0.6 is 22.9 Å². The van der Waals surface area contributed by atoms with Gasteiger partial charge in [-0.1, -0.05) is 22.9 Å². The number of hydrogen-bond donors (Lipinski definition) is 1. The normalized spacial score (nSPS) is 10.7. The highest BCUT2D eigenvalue weighted by atomic mass is 35.5. The third-order valence-corrected chi connectivity index (χ3v) is 4.22. The van der Waals surface area contributed by atoms with Gasteiger partial charge in [0.2, 0.25) is 0 Å². The van der Waals surface area contributed by atoms with Crippen LogP contribution in [-0.4, -0.2) is 27.2 Å². The van der Waals surface area contributed by atoms with E-state index in [-0.39, 0.29) is 11.7 Å². The van der Waals surface area contributed by atoms with E-state index in [2.05, 4.69) is 15.4 Å². The Morgan fingerprint density at radius 1 is 1.30 bits per heavy atom. The van der Waals surface area contributed by atoms with Crippen molar-refractivity contribution in [2.75, 3.05) is 6.54 Å². The van der Waals surface area contributed by atoms with Crippen molar-refractivity contribution in [2.45, 2.75) is 6.42 Å². The molecule has 0 aliphatic rings. The van der Waals surface area contributed by atoms with Crippen molar-refractivity contribution in [3.05, 3.63) is 63.6 Å². The smallest absolute Gasteiger partial charge is 0.263 e. The van der Waals surface area contributed by atoms with Crippen LogP contribution in [0.5, 0.6) is 0 Å². The molecule has 1 amide bonds. The number of carbonyl (C=O) groups is 1. The number of rotatable bonds is 5. The van der Waals surface area contributed by atoms with Gasteiger partial charge in [0.15, 0.2) is 4.47 Å². The van der Waals surface area contributed by atoms with Crippen LogP contribution in [-0.2, 0) is 6.42 Å². The molecule has 3 rings (SSSR count). The van der Waals surface area contributed by atoms with Crippen molar-refractivity contribution in [1.82, 2.24) is 20.1 Å². The van der Waals surface area contributed by atoms with Crippen LogP contribution in [0.25, 0.3) is 5.69 Å². The molecule has 3 aromatic rings. The molecule has 0 spiro atoms. The van der Waals surface area contributed by atoms with Gasteiger partial charge in [0.05, 0.1) is 17.6 Å². The Labute approximate surface area is 140 Å². The van der Waals surface area contributed by atoms with Gasteiger partial charge in [-0.2, -0.15) is 5.10 Å². The number of benzene rings is 1. The summed E-state index contributed by atoms with van der Waals surface area (Å²) >= 11 is 6.83. The van der Waals surface area contributed by atoms with Crippen molar-refractivity contribution in [3.8, 4) is 5.69 Å². The Balaban J connectivity index is 1.55. The Kier molecular flexibility index (Phi) is 4.68. The maximum absolute atomic E-state index is 12.9. The molecule has 0 unspecified atom stereocenters. The molecule has 1 aromatic carbocycles. The maximum Gasteiger partial charge on any atom is 0.263 e. The predicted molar refractivity (Wildman–Crippen MR) is 86.7 cm³/mol. The molecular formula is C15H12ClFN4OS. The molecular weight excluding hydrogens is 339 g/mol. The first-order valence-corrected chi connectivity index (χ1v) is 8.01. The molecule has 0 saturated carbocycles. The van der Waals surface area contributed by atoms with Gasteiger partial charge in [-0.3, -0.25) is 4.79 Å². The Morgan fingerprint density at radius 3 is 2.78 bits per heavy atom. The molecule has 2 aromatic heterocycles. The van der Waals surface area contributed by atoms with Gasteiger partial charge >= 0.3 is 0 Å². The minimum absolute atomic E-state index is 0.202. The van der Waals surface area contributed by atoms with E-state index in [1.54, 1.807) is 23.0 Å². The summed E-state index contributed by atoms with van der Waals surface area (Å²) in [7, 11) is 0. The fraction of sp³-hybridized carbons (Fsp3) is 0.133. The first-order chi connectivity index (χ1) is 11.1. The lowest BCUT2D eigenvalue weighted by Gasteiger charge is -2.02. The van der Waals surface area contributed by atoms with Crippen LogP contribution < -0.4 is 5.32 Å². The summed E-state index contributed by atoms with van der Waals surface area (Å²) < 4.78 is 14.9. The molecule has 0 aliphatic carbocycles. The van der Waals surface area contributed by atoms with E-state index in [4.69, 9.17) is 11.6 Å². The molecule has 23 heavy (non-hydrogen) atoms. The summed E-state index contributed by atoms with van der Waals surface area (Å²) in [6, 6.07) is 7.94. The monoisotopic (exact) mass is 350 g/mol. The van der Waals surface area contributed by atoms with E-state index in [0.717, 1.165) is 22.7 Å². The third-order valence-electron chi connectivity index (χ3n) is 3.10. The Morgan fingerprint density at radius 2 is 2.09 bits per heavy atom. The highest BCUT2D eigenvalue weighted by molar-refractivity contribution is 7.17. The van der Waals surface area contributed by atoms with E-state index in [9.17, 15) is 9.18 Å². The number of halogens is 2. The number of thiazole rings is 1. The third kappa shape index (κ3) is 3.94. The zero-order valence-corrected chi connectivity index (χ0v) is 13.4. The quantitative estimate of drug-likeness (QED) is 0.769. The van der Waals surface area contributed by atoms with E-state index in [1.807, 2.05) is 6.07 Å². The first kappa shape index (κ1) is 15.6. The number of aromatic nitrogens is 3. The van der Waals surface area contributed by atoms with Crippen molar-refractivity contribution in [3.63, 3.8) is 0 Å². The summed E-state index contributed by atoms with van der Waals surface area (Å²) in [5, 5.41) is 7.19. The lowest BCUT2D eigenvalue weighted by Crippen LogP contribution is -2.25. The lowest BCUT2D eigenvalue weighted by atomic mass is 10.3. The van der Waals surface area contributed by atoms with Crippen LogP contribution in [0.1, 0.15) is 15.4 Å². The van der Waals surface area contributed by atoms with E-state index >= 15 is 0 Å². The topological polar surface area (TPSA) is 59.8 Å². The number of carbonyl (C=O) groups excluding carboxylic acids is 1. The number of amides is 1. The van der Waals surface area contributed by atoms with Gasteiger partial charge in [-0.25, -0.2) is 14.1 Å². The summed E-state index contributed by atoms with van der Waals surface area (Å²) in [4.78, 5) is 16.2. The molecule has 0 radical (unpaired) electrons. The molecule has 0 bridgehead atoms. The van der Waals surface area contributed by atoms with E-state index in [1.165, 1.54) is 18.3 Å².